The van der Waals surface area contributed by atoms with E-state index in [0.29, 0.717) is 12.2 Å². The number of hydrogen-bond donors (Lipinski definition) is 1. The fourth-order valence-electron chi connectivity index (χ4n) is 3.07. The van der Waals surface area contributed by atoms with Gasteiger partial charge in [-0.15, -0.1) is 0 Å². The lowest BCUT2D eigenvalue weighted by molar-refractivity contribution is -0.498. The van der Waals surface area contributed by atoms with Crippen molar-refractivity contribution >= 4 is 5.78 Å². The van der Waals surface area contributed by atoms with Crippen molar-refractivity contribution < 1.29 is 111 Å². The maximum atomic E-state index is 15.2. The highest BCUT2D eigenvalue weighted by Gasteiger charge is 2.82. The van der Waals surface area contributed by atoms with Gasteiger partial charge in [-0.05, 0) is 20.8 Å². The molecule has 4 nitrogen and oxygen atoms in total. The van der Waals surface area contributed by atoms with Crippen LogP contribution in [0.25, 0.3) is 0 Å². The summed E-state index contributed by atoms with van der Waals surface area (Å²) >= 11 is 0. The number of hydrogen-bond acceptors (Lipinski definition) is 4. The number of ketones is 1. The maximum absolute atomic E-state index is 15.2. The molecule has 0 bridgehead atoms. The summed E-state index contributed by atoms with van der Waals surface area (Å²) in [4.78, 5) is 11.3. The number of nitrogens with one attached hydrogen (secondary N) is 1. The fourth-order valence-corrected chi connectivity index (χ4v) is 3.07. The number of rotatable bonds is 13. The molecule has 44 heavy (non-hydrogen) atoms. The Morgan fingerprint density at radius 1 is 0.568 bits per heavy atom. The summed E-state index contributed by atoms with van der Waals surface area (Å²) in [6, 6.07) is -5.06. The van der Waals surface area contributed by atoms with Gasteiger partial charge in [0.15, 0.2) is 0 Å². The van der Waals surface area contributed by atoms with E-state index in [1.807, 2.05) is 9.47 Å². The highest BCUT2D eigenvalue weighted by molar-refractivity contribution is 5.76. The van der Waals surface area contributed by atoms with Gasteiger partial charge in [-0.1, -0.05) is 0 Å². The number of Topliss-reactive ketones (excluding diaryl/α,β-unsaturated/α-hetero) is 1. The molecule has 0 amide bonds. The van der Waals surface area contributed by atoms with E-state index in [4.69, 9.17) is 0 Å². The van der Waals surface area contributed by atoms with Crippen molar-refractivity contribution in [3.05, 3.63) is 0 Å². The van der Waals surface area contributed by atoms with E-state index in [-0.39, 0.29) is 13.8 Å². The highest BCUT2D eigenvalue weighted by atomic mass is 19.4. The van der Waals surface area contributed by atoms with Crippen molar-refractivity contribution in [3.8, 4) is 0 Å². The summed E-state index contributed by atoms with van der Waals surface area (Å²) < 4.78 is 296. The number of carbonyl (C=O) groups excluding carboxylic acids is 1. The minimum Gasteiger partial charge on any atom is -0.303 e. The van der Waals surface area contributed by atoms with Crippen LogP contribution < -0.4 is 5.32 Å². The van der Waals surface area contributed by atoms with Crippen LogP contribution in [0.2, 0.25) is 0 Å². The predicted octanol–water partition coefficient (Wildman–Crippen LogP) is 8.16. The number of alkyl halides is 22. The molecule has 0 aliphatic carbocycles. The molecule has 0 aliphatic heterocycles. The second kappa shape index (κ2) is 11.7. The van der Waals surface area contributed by atoms with Crippen molar-refractivity contribution in [1.29, 1.82) is 0 Å². The van der Waals surface area contributed by atoms with E-state index in [2.05, 4.69) is 0 Å². The Morgan fingerprint density at radius 2 is 0.909 bits per heavy atom. The Morgan fingerprint density at radius 3 is 1.18 bits per heavy atom. The first-order valence-corrected chi connectivity index (χ1v) is 10.5. The molecular formula is C18H15F22NO3. The molecule has 0 spiro atoms. The quantitative estimate of drug-likeness (QED) is 0.196. The Kier molecular flexibility index (Phi) is 11.1. The third kappa shape index (κ3) is 8.43. The van der Waals surface area contributed by atoms with E-state index in [1.165, 1.54) is 0 Å². The van der Waals surface area contributed by atoms with Gasteiger partial charge < -0.3 is 5.32 Å². The fraction of sp³-hybridized carbons (Fsp3) is 0.944. The third-order valence-electron chi connectivity index (χ3n) is 4.99. The SMILES string of the molecule is CC(=O)CC(C)(C)NC(CC(F)(OC(F)(F)C(F)(F)C(F)(F)F)C(F)(F)F)C(F)(OC(F)(F)C(F)(F)C(F)(F)F)C(F)(F)F. The molecule has 26 heteroatoms. The van der Waals surface area contributed by atoms with Crippen LogP contribution in [-0.2, 0) is 14.3 Å². The molecule has 0 radical (unpaired) electrons. The average molecular weight is 711 g/mol. The van der Waals surface area contributed by atoms with Crippen molar-refractivity contribution in [3.63, 3.8) is 0 Å². The van der Waals surface area contributed by atoms with Crippen molar-refractivity contribution in [1.82, 2.24) is 5.32 Å². The van der Waals surface area contributed by atoms with Gasteiger partial charge in [0.1, 0.15) is 5.78 Å². The van der Waals surface area contributed by atoms with E-state index >= 15 is 4.39 Å². The summed E-state index contributed by atoms with van der Waals surface area (Å²) in [5.41, 5.74) is -2.88. The topological polar surface area (TPSA) is 47.6 Å². The molecule has 0 rings (SSSR count). The predicted molar refractivity (Wildman–Crippen MR) is 94.8 cm³/mol. The van der Waals surface area contributed by atoms with Crippen LogP contribution in [0.3, 0.4) is 0 Å². The van der Waals surface area contributed by atoms with Gasteiger partial charge in [0, 0.05) is 18.4 Å². The highest BCUT2D eigenvalue weighted by Crippen LogP contribution is 2.56. The van der Waals surface area contributed by atoms with Crippen LogP contribution in [0.15, 0.2) is 0 Å². The minimum atomic E-state index is -7.88. The molecule has 0 aliphatic rings. The Bertz CT molecular complexity index is 1010. The molecule has 264 valence electrons. The summed E-state index contributed by atoms with van der Waals surface area (Å²) in [5, 5.41) is 0.692. The first-order chi connectivity index (χ1) is 18.6. The van der Waals surface area contributed by atoms with Gasteiger partial charge in [0.2, 0.25) is 0 Å². The Balaban J connectivity index is 7.60. The first kappa shape index (κ1) is 42.0. The number of ether oxygens (including phenoxy) is 2. The minimum absolute atomic E-state index is 0.279. The van der Waals surface area contributed by atoms with Gasteiger partial charge in [0.05, 0.1) is 6.04 Å². The normalized spacial score (nSPS) is 18.9. The Hall–Kier alpha value is -1.99. The molecule has 3 unspecified atom stereocenters. The van der Waals surface area contributed by atoms with E-state index in [1.54, 1.807) is 0 Å². The molecule has 0 saturated heterocycles. The number of carbonyl (C=O) groups is 1. The molecule has 0 aromatic carbocycles. The number of halogens is 22. The Labute approximate surface area is 229 Å². The monoisotopic (exact) mass is 711 g/mol. The maximum Gasteiger partial charge on any atom is 0.462 e. The molecule has 0 fully saturated rings. The van der Waals surface area contributed by atoms with Crippen molar-refractivity contribution in [2.45, 2.75) is 106 Å². The zero-order valence-electron chi connectivity index (χ0n) is 21.0. The van der Waals surface area contributed by atoms with Crippen LogP contribution in [0.4, 0.5) is 96.6 Å². The zero-order valence-corrected chi connectivity index (χ0v) is 21.0. The summed E-state index contributed by atoms with van der Waals surface area (Å²) in [6.07, 6.45) is -51.8. The second-order valence-corrected chi connectivity index (χ2v) is 9.41. The largest absolute Gasteiger partial charge is 0.462 e. The van der Waals surface area contributed by atoms with E-state index in [0.717, 1.165) is 0 Å². The van der Waals surface area contributed by atoms with Crippen molar-refractivity contribution in [2.75, 3.05) is 0 Å². The summed E-state index contributed by atoms with van der Waals surface area (Å²) in [6.45, 7) is 1.04. The lowest BCUT2D eigenvalue weighted by atomic mass is 9.91. The smallest absolute Gasteiger partial charge is 0.303 e. The van der Waals surface area contributed by atoms with Crippen LogP contribution in [0.1, 0.15) is 33.6 Å². The summed E-state index contributed by atoms with van der Waals surface area (Å²) in [5.74, 6) is -31.5. The standard InChI is InChI=1S/C18H15F22NO3/c1-6(42)4-8(2,3)41-7(10(20,14(28,29)30)44-18(39,40)12(23,24)16(34,35)36)5-9(19,13(25,26)27)43-17(37,38)11(21,22)15(31,32)33/h7,41H,4-5H2,1-3H3. The van der Waals surface area contributed by atoms with E-state index < -0.39 is 90.7 Å². The molecule has 0 aromatic heterocycles. The molecule has 0 heterocycles. The lowest BCUT2D eigenvalue weighted by Gasteiger charge is -2.44. The first-order valence-electron chi connectivity index (χ1n) is 10.5. The summed E-state index contributed by atoms with van der Waals surface area (Å²) in [7, 11) is 0. The van der Waals surface area contributed by atoms with Gasteiger partial charge in [-0.2, -0.15) is 92.2 Å². The second-order valence-electron chi connectivity index (χ2n) is 9.41. The van der Waals surface area contributed by atoms with Crippen molar-refractivity contribution in [2.24, 2.45) is 0 Å². The molecular weight excluding hydrogens is 696 g/mol. The van der Waals surface area contributed by atoms with Gasteiger partial charge in [-0.3, -0.25) is 14.3 Å². The van der Waals surface area contributed by atoms with Gasteiger partial charge in [0.25, 0.3) is 0 Å². The molecule has 0 saturated carbocycles. The lowest BCUT2D eigenvalue weighted by Crippen LogP contribution is -2.69. The van der Waals surface area contributed by atoms with E-state index in [9.17, 15) is 97.0 Å². The van der Waals surface area contributed by atoms with Gasteiger partial charge in [-0.25, -0.2) is 4.39 Å². The van der Waals surface area contributed by atoms with Crippen LogP contribution in [0, 0.1) is 0 Å². The van der Waals surface area contributed by atoms with Crippen LogP contribution in [-0.4, -0.2) is 77.8 Å². The third-order valence-corrected chi connectivity index (χ3v) is 4.99. The van der Waals surface area contributed by atoms with Crippen LogP contribution in [0.5, 0.6) is 0 Å². The molecule has 0 aromatic rings. The molecule has 3 atom stereocenters. The molecule has 1 N–H and O–H groups in total. The van der Waals surface area contributed by atoms with Crippen LogP contribution >= 0.6 is 0 Å². The average Bonchev–Trinajstić information content (AvgIpc) is 2.67. The van der Waals surface area contributed by atoms with Gasteiger partial charge >= 0.3 is 60.5 Å². The zero-order chi connectivity index (χ0) is 36.2.